The Labute approximate surface area is 102 Å². The highest BCUT2D eigenvalue weighted by Gasteiger charge is 2.10. The van der Waals surface area contributed by atoms with Crippen LogP contribution in [0.5, 0.6) is 0 Å². The Kier molecular flexibility index (Phi) is 6.24. The summed E-state index contributed by atoms with van der Waals surface area (Å²) < 4.78 is 6.01. The van der Waals surface area contributed by atoms with Crippen LogP contribution in [-0.4, -0.2) is 51.0 Å². The first-order valence-electron chi connectivity index (χ1n) is 4.72. The first kappa shape index (κ1) is 13.3. The zero-order valence-electron chi connectivity index (χ0n) is 9.25. The summed E-state index contributed by atoms with van der Waals surface area (Å²) in [4.78, 5) is 11.1. The maximum atomic E-state index is 11.1. The molecule has 0 saturated carbocycles. The molecule has 0 saturated heterocycles. The highest BCUT2D eigenvalue weighted by atomic mass is 32.2. The molecule has 0 aliphatic rings. The molecule has 8 heteroatoms. The minimum Gasteiger partial charge on any atom is -0.468 e. The molecule has 1 aromatic rings. The van der Waals surface area contributed by atoms with Gasteiger partial charge in [-0.05, 0) is 28.9 Å². The van der Waals surface area contributed by atoms with Crippen LogP contribution < -0.4 is 0 Å². The Morgan fingerprint density at radius 1 is 1.50 bits per heavy atom. The summed E-state index contributed by atoms with van der Waals surface area (Å²) in [7, 11) is 1.35. The van der Waals surface area contributed by atoms with E-state index >= 15 is 0 Å². The van der Waals surface area contributed by atoms with Gasteiger partial charge in [0.25, 0.3) is 0 Å². The molecule has 1 aromatic heterocycles. The van der Waals surface area contributed by atoms with E-state index in [1.54, 1.807) is 11.8 Å². The third kappa shape index (κ3) is 4.40. The highest BCUT2D eigenvalue weighted by molar-refractivity contribution is 7.99. The highest BCUT2D eigenvalue weighted by Crippen LogP contribution is 2.15. The predicted octanol–water partition coefficient (Wildman–Crippen LogP) is 0.691. The van der Waals surface area contributed by atoms with Crippen molar-refractivity contribution in [3.05, 3.63) is 0 Å². The molecule has 1 heterocycles. The Hall–Kier alpha value is -0.760. The van der Waals surface area contributed by atoms with E-state index in [0.717, 1.165) is 17.9 Å². The van der Waals surface area contributed by atoms with Crippen molar-refractivity contribution in [2.75, 3.05) is 24.9 Å². The molecule has 0 aliphatic carbocycles. The van der Waals surface area contributed by atoms with Crippen LogP contribution in [0.25, 0.3) is 0 Å². The maximum Gasteiger partial charge on any atom is 0.327 e. The average Bonchev–Trinajstić information content (AvgIpc) is 2.72. The number of hydrogen-bond acceptors (Lipinski definition) is 7. The van der Waals surface area contributed by atoms with Crippen molar-refractivity contribution in [1.82, 2.24) is 20.2 Å². The monoisotopic (exact) mass is 262 g/mol. The first-order valence-corrected chi connectivity index (χ1v) is 7.10. The second-order valence-electron chi connectivity index (χ2n) is 2.89. The lowest BCUT2D eigenvalue weighted by Gasteiger charge is -2.02. The predicted molar refractivity (Wildman–Crippen MR) is 63.6 cm³/mol. The van der Waals surface area contributed by atoms with Gasteiger partial charge >= 0.3 is 5.97 Å². The van der Waals surface area contributed by atoms with Crippen molar-refractivity contribution in [3.63, 3.8) is 0 Å². The van der Waals surface area contributed by atoms with Crippen molar-refractivity contribution < 1.29 is 9.53 Å². The minimum atomic E-state index is -0.349. The third-order valence-electron chi connectivity index (χ3n) is 1.73. The molecule has 0 spiro atoms. The minimum absolute atomic E-state index is 0.0639. The number of ether oxygens (including phenoxy) is 1. The van der Waals surface area contributed by atoms with Gasteiger partial charge in [-0.15, -0.1) is 5.10 Å². The molecule has 0 N–H and O–H groups in total. The zero-order valence-corrected chi connectivity index (χ0v) is 10.9. The number of nitrogens with zero attached hydrogens (tertiary/aromatic N) is 4. The molecule has 0 unspecified atom stereocenters. The topological polar surface area (TPSA) is 69.9 Å². The van der Waals surface area contributed by atoms with Crippen molar-refractivity contribution in [3.8, 4) is 0 Å². The normalized spacial score (nSPS) is 10.4. The van der Waals surface area contributed by atoms with Gasteiger partial charge in [-0.25, -0.2) is 4.68 Å². The van der Waals surface area contributed by atoms with Crippen LogP contribution in [0, 0.1) is 0 Å². The number of carbonyl (C=O) groups is 1. The SMILES string of the molecule is COC(=O)Cn1nnnc1SCCCSC. The van der Waals surface area contributed by atoms with Gasteiger partial charge in [0.1, 0.15) is 6.54 Å². The van der Waals surface area contributed by atoms with Gasteiger partial charge in [0.15, 0.2) is 0 Å². The summed E-state index contributed by atoms with van der Waals surface area (Å²) in [6.07, 6.45) is 3.17. The van der Waals surface area contributed by atoms with E-state index in [1.165, 1.54) is 11.8 Å². The second-order valence-corrected chi connectivity index (χ2v) is 4.94. The summed E-state index contributed by atoms with van der Waals surface area (Å²) in [6, 6.07) is 0. The summed E-state index contributed by atoms with van der Waals surface area (Å²) >= 11 is 3.36. The number of rotatable bonds is 7. The van der Waals surface area contributed by atoms with Gasteiger partial charge in [-0.1, -0.05) is 11.8 Å². The van der Waals surface area contributed by atoms with Crippen LogP contribution in [0.15, 0.2) is 5.16 Å². The number of thioether (sulfide) groups is 2. The first-order chi connectivity index (χ1) is 7.77. The quantitative estimate of drug-likeness (QED) is 0.407. The molecule has 1 rings (SSSR count). The fourth-order valence-corrected chi connectivity index (χ4v) is 2.38. The Morgan fingerprint density at radius 2 is 2.31 bits per heavy atom. The maximum absolute atomic E-state index is 11.1. The number of esters is 1. The summed E-state index contributed by atoms with van der Waals surface area (Å²) in [6.45, 7) is 0.0639. The molecular weight excluding hydrogens is 248 g/mol. The van der Waals surface area contributed by atoms with Crippen LogP contribution >= 0.6 is 23.5 Å². The van der Waals surface area contributed by atoms with Crippen LogP contribution in [0.2, 0.25) is 0 Å². The number of carbonyl (C=O) groups excluding carboxylic acids is 1. The molecule has 16 heavy (non-hydrogen) atoms. The number of aromatic nitrogens is 4. The van der Waals surface area contributed by atoms with E-state index in [-0.39, 0.29) is 12.5 Å². The molecule has 90 valence electrons. The molecule has 6 nitrogen and oxygen atoms in total. The van der Waals surface area contributed by atoms with E-state index in [4.69, 9.17) is 0 Å². The molecule has 0 atom stereocenters. The number of methoxy groups -OCH3 is 1. The molecule has 0 fully saturated rings. The molecule has 0 radical (unpaired) electrons. The van der Waals surface area contributed by atoms with E-state index in [2.05, 4.69) is 26.5 Å². The van der Waals surface area contributed by atoms with Crippen LogP contribution in [-0.2, 0) is 16.1 Å². The van der Waals surface area contributed by atoms with Crippen molar-refractivity contribution >= 4 is 29.5 Å². The smallest absolute Gasteiger partial charge is 0.327 e. The molecular formula is C8H14N4O2S2. The van der Waals surface area contributed by atoms with E-state index in [9.17, 15) is 4.79 Å². The van der Waals surface area contributed by atoms with Gasteiger partial charge in [0.2, 0.25) is 5.16 Å². The lowest BCUT2D eigenvalue weighted by molar-refractivity contribution is -0.141. The van der Waals surface area contributed by atoms with Crippen molar-refractivity contribution in [2.24, 2.45) is 0 Å². The van der Waals surface area contributed by atoms with Gasteiger partial charge < -0.3 is 4.74 Å². The number of tetrazole rings is 1. The van der Waals surface area contributed by atoms with E-state index in [0.29, 0.717) is 5.16 Å². The lowest BCUT2D eigenvalue weighted by Crippen LogP contribution is -2.13. The van der Waals surface area contributed by atoms with Crippen LogP contribution in [0.3, 0.4) is 0 Å². The second kappa shape index (κ2) is 7.50. The van der Waals surface area contributed by atoms with Gasteiger partial charge in [0.05, 0.1) is 7.11 Å². The van der Waals surface area contributed by atoms with E-state index in [1.807, 2.05) is 11.8 Å². The molecule has 0 aromatic carbocycles. The van der Waals surface area contributed by atoms with Crippen molar-refractivity contribution in [1.29, 1.82) is 0 Å². The zero-order chi connectivity index (χ0) is 11.8. The van der Waals surface area contributed by atoms with Crippen LogP contribution in [0.4, 0.5) is 0 Å². The fraction of sp³-hybridized carbons (Fsp3) is 0.750. The fourth-order valence-electron chi connectivity index (χ4n) is 0.953. The summed E-state index contributed by atoms with van der Waals surface area (Å²) in [5.74, 6) is 1.71. The molecule has 0 amide bonds. The van der Waals surface area contributed by atoms with E-state index < -0.39 is 0 Å². The summed E-state index contributed by atoms with van der Waals surface area (Å²) in [5, 5.41) is 11.8. The van der Waals surface area contributed by atoms with Gasteiger partial charge in [-0.2, -0.15) is 11.8 Å². The molecule has 0 bridgehead atoms. The average molecular weight is 262 g/mol. The van der Waals surface area contributed by atoms with Crippen molar-refractivity contribution in [2.45, 2.75) is 18.1 Å². The largest absolute Gasteiger partial charge is 0.468 e. The number of hydrogen-bond donors (Lipinski definition) is 0. The lowest BCUT2D eigenvalue weighted by atomic mass is 10.6. The Bertz CT molecular complexity index is 332. The van der Waals surface area contributed by atoms with Gasteiger partial charge in [-0.3, -0.25) is 4.79 Å². The standard InChI is InChI=1S/C8H14N4O2S2/c1-14-7(13)6-12-8(9-10-11-12)16-5-3-4-15-2/h3-6H2,1-2H3. The Morgan fingerprint density at radius 3 is 3.00 bits per heavy atom. The van der Waals surface area contributed by atoms with Gasteiger partial charge in [0, 0.05) is 5.75 Å². The van der Waals surface area contributed by atoms with Crippen LogP contribution in [0.1, 0.15) is 6.42 Å². The molecule has 0 aliphatic heterocycles. The summed E-state index contributed by atoms with van der Waals surface area (Å²) in [5.41, 5.74) is 0. The third-order valence-corrected chi connectivity index (χ3v) is 3.47. The Balaban J connectivity index is 2.41.